The number of ether oxygens (including phenoxy) is 3. The molecule has 9 heteroatoms. The molecule has 0 aliphatic carbocycles. The van der Waals surface area contributed by atoms with Crippen LogP contribution in [0.4, 0.5) is 14.5 Å². The van der Waals surface area contributed by atoms with Crippen molar-refractivity contribution in [1.82, 2.24) is 4.98 Å². The summed E-state index contributed by atoms with van der Waals surface area (Å²) in [5, 5.41) is 0. The second-order valence-corrected chi connectivity index (χ2v) is 7.49. The molecular formula is C22H27F2N3O4. The first-order valence-corrected chi connectivity index (χ1v) is 10.1. The maximum Gasteiger partial charge on any atom is 0.272 e. The molecule has 1 amide bonds. The number of hydrogen-bond acceptors (Lipinski definition) is 6. The molecule has 0 bridgehead atoms. The van der Waals surface area contributed by atoms with Crippen molar-refractivity contribution in [3.63, 3.8) is 0 Å². The lowest BCUT2D eigenvalue weighted by Gasteiger charge is -2.22. The van der Waals surface area contributed by atoms with Gasteiger partial charge in [-0.05, 0) is 29.7 Å². The zero-order valence-electron chi connectivity index (χ0n) is 17.6. The van der Waals surface area contributed by atoms with E-state index in [2.05, 4.69) is 9.88 Å². The van der Waals surface area contributed by atoms with Crippen molar-refractivity contribution in [2.24, 2.45) is 5.73 Å². The van der Waals surface area contributed by atoms with E-state index in [4.69, 9.17) is 19.9 Å². The van der Waals surface area contributed by atoms with E-state index in [0.717, 1.165) is 23.4 Å². The lowest BCUT2D eigenvalue weighted by Crippen LogP contribution is -2.25. The van der Waals surface area contributed by atoms with Gasteiger partial charge in [-0.3, -0.25) is 4.79 Å². The van der Waals surface area contributed by atoms with Crippen LogP contribution in [-0.4, -0.2) is 50.2 Å². The number of nitrogens with two attached hydrogens (primary N) is 1. The van der Waals surface area contributed by atoms with Gasteiger partial charge in [0.25, 0.3) is 12.3 Å². The normalized spacial score (nSPS) is 16.9. The number of alkyl halides is 2. The number of aromatic nitrogens is 1. The van der Waals surface area contributed by atoms with Crippen molar-refractivity contribution in [3.8, 4) is 17.4 Å². The van der Waals surface area contributed by atoms with Crippen molar-refractivity contribution >= 4 is 11.6 Å². The number of carbonyl (C=O) groups is 1. The maximum absolute atomic E-state index is 12.5. The zero-order chi connectivity index (χ0) is 22.4. The summed E-state index contributed by atoms with van der Waals surface area (Å²) < 4.78 is 41.6. The van der Waals surface area contributed by atoms with Gasteiger partial charge < -0.3 is 24.8 Å². The summed E-state index contributed by atoms with van der Waals surface area (Å²) in [6.45, 7) is 2.53. The average molecular weight is 435 g/mol. The molecule has 1 aliphatic rings. The van der Waals surface area contributed by atoms with Gasteiger partial charge in [0.1, 0.15) is 11.9 Å². The van der Waals surface area contributed by atoms with Crippen LogP contribution in [0.1, 0.15) is 31.2 Å². The molecule has 1 aliphatic heterocycles. The maximum atomic E-state index is 12.5. The Balaban J connectivity index is 1.63. The van der Waals surface area contributed by atoms with Crippen LogP contribution in [0.2, 0.25) is 0 Å². The third-order valence-corrected chi connectivity index (χ3v) is 5.15. The van der Waals surface area contributed by atoms with Crippen molar-refractivity contribution in [3.05, 3.63) is 42.1 Å². The third kappa shape index (κ3) is 5.96. The molecule has 1 saturated heterocycles. The fourth-order valence-electron chi connectivity index (χ4n) is 3.64. The fraction of sp³-hybridized carbons (Fsp3) is 0.455. The first-order chi connectivity index (χ1) is 14.9. The lowest BCUT2D eigenvalue weighted by molar-refractivity contribution is -0.118. The molecule has 0 unspecified atom stereocenters. The summed E-state index contributed by atoms with van der Waals surface area (Å²) in [5.41, 5.74) is 7.02. The lowest BCUT2D eigenvalue weighted by atomic mass is 9.97. The van der Waals surface area contributed by atoms with E-state index >= 15 is 0 Å². The molecule has 0 saturated carbocycles. The number of carbonyl (C=O) groups excluding carboxylic acids is 1. The minimum Gasteiger partial charge on any atom is -0.490 e. The number of anilines is 1. The van der Waals surface area contributed by atoms with Crippen LogP contribution in [0.25, 0.3) is 0 Å². The Kier molecular flexibility index (Phi) is 7.49. The SMILES string of the molecule is COc1c(N2CC[C@@H](Oc3ccc([C@@H](C)CC(N)=O)cc3)C2)ccnc1OCC(F)F. The molecule has 3 rings (SSSR count). The van der Waals surface area contributed by atoms with Gasteiger partial charge in [-0.1, -0.05) is 19.1 Å². The monoisotopic (exact) mass is 435 g/mol. The van der Waals surface area contributed by atoms with Crippen LogP contribution in [0, 0.1) is 0 Å². The number of amides is 1. The van der Waals surface area contributed by atoms with Gasteiger partial charge in [-0.15, -0.1) is 0 Å². The molecule has 2 N–H and O–H groups in total. The second kappa shape index (κ2) is 10.3. The molecule has 0 spiro atoms. The Morgan fingerprint density at radius 2 is 2.03 bits per heavy atom. The molecule has 31 heavy (non-hydrogen) atoms. The Morgan fingerprint density at radius 3 is 2.68 bits per heavy atom. The molecule has 168 valence electrons. The number of benzene rings is 1. The molecular weight excluding hydrogens is 408 g/mol. The van der Waals surface area contributed by atoms with Crippen LogP contribution < -0.4 is 24.8 Å². The van der Waals surface area contributed by atoms with Crippen molar-refractivity contribution in [2.75, 3.05) is 31.7 Å². The molecule has 2 heterocycles. The highest BCUT2D eigenvalue weighted by Gasteiger charge is 2.28. The van der Waals surface area contributed by atoms with Gasteiger partial charge in [0.05, 0.1) is 19.3 Å². The van der Waals surface area contributed by atoms with Crippen molar-refractivity contribution in [1.29, 1.82) is 0 Å². The summed E-state index contributed by atoms with van der Waals surface area (Å²) in [6, 6.07) is 9.42. The van der Waals surface area contributed by atoms with Gasteiger partial charge in [0.15, 0.2) is 6.61 Å². The highest BCUT2D eigenvalue weighted by molar-refractivity contribution is 5.74. The molecule has 0 radical (unpaired) electrons. The molecule has 1 fully saturated rings. The minimum atomic E-state index is -2.59. The Morgan fingerprint density at radius 1 is 1.29 bits per heavy atom. The van der Waals surface area contributed by atoms with Crippen LogP contribution in [0.15, 0.2) is 36.5 Å². The molecule has 2 atom stereocenters. The topological polar surface area (TPSA) is 86.9 Å². The summed E-state index contributed by atoms with van der Waals surface area (Å²) in [5.74, 6) is 0.841. The van der Waals surface area contributed by atoms with Crippen LogP contribution in [0.3, 0.4) is 0 Å². The Bertz CT molecular complexity index is 880. The van der Waals surface area contributed by atoms with E-state index in [-0.39, 0.29) is 23.8 Å². The highest BCUT2D eigenvalue weighted by Crippen LogP contribution is 2.37. The summed E-state index contributed by atoms with van der Waals surface area (Å²) in [4.78, 5) is 17.2. The molecule has 1 aromatic carbocycles. The van der Waals surface area contributed by atoms with Gasteiger partial charge in [0.2, 0.25) is 11.7 Å². The zero-order valence-corrected chi connectivity index (χ0v) is 17.6. The van der Waals surface area contributed by atoms with E-state index in [1.165, 1.54) is 13.3 Å². The van der Waals surface area contributed by atoms with E-state index in [9.17, 15) is 13.6 Å². The van der Waals surface area contributed by atoms with Crippen molar-refractivity contribution < 1.29 is 27.8 Å². The number of pyridine rings is 1. The van der Waals surface area contributed by atoms with Crippen LogP contribution >= 0.6 is 0 Å². The first-order valence-electron chi connectivity index (χ1n) is 10.1. The van der Waals surface area contributed by atoms with Crippen molar-refractivity contribution in [2.45, 2.75) is 38.2 Å². The quantitative estimate of drug-likeness (QED) is 0.616. The largest absolute Gasteiger partial charge is 0.490 e. The van der Waals surface area contributed by atoms with Gasteiger partial charge in [-0.2, -0.15) is 0 Å². The predicted octanol–water partition coefficient (Wildman–Crippen LogP) is 3.37. The fourth-order valence-corrected chi connectivity index (χ4v) is 3.64. The Labute approximate surface area is 180 Å². The van der Waals surface area contributed by atoms with Gasteiger partial charge in [-0.25, -0.2) is 13.8 Å². The smallest absolute Gasteiger partial charge is 0.272 e. The number of nitrogens with zero attached hydrogens (tertiary/aromatic N) is 2. The second-order valence-electron chi connectivity index (χ2n) is 7.49. The predicted molar refractivity (Wildman–Crippen MR) is 112 cm³/mol. The van der Waals surface area contributed by atoms with Crippen LogP contribution in [-0.2, 0) is 4.79 Å². The van der Waals surface area contributed by atoms with E-state index in [0.29, 0.717) is 25.3 Å². The standard InChI is InChI=1S/C22H27F2N3O4/c1-14(11-20(25)28)15-3-5-16(6-4-15)31-17-8-10-27(12-17)18-7-9-26-22(21(18)29-2)30-13-19(23)24/h3-7,9,14,17,19H,8,10-13H2,1-2H3,(H2,25,28)/t14-,17+/m0/s1. The van der Waals surface area contributed by atoms with E-state index < -0.39 is 13.0 Å². The number of methoxy groups -OCH3 is 1. The molecule has 1 aromatic heterocycles. The summed E-state index contributed by atoms with van der Waals surface area (Å²) >= 11 is 0. The number of rotatable bonds is 10. The van der Waals surface area contributed by atoms with E-state index in [1.807, 2.05) is 31.2 Å². The summed E-state index contributed by atoms with van der Waals surface area (Å²) in [6.07, 6.45) is -0.0339. The minimum absolute atomic E-state index is 0.0443. The highest BCUT2D eigenvalue weighted by atomic mass is 19.3. The number of halogens is 2. The first kappa shape index (κ1) is 22.6. The van der Waals surface area contributed by atoms with Crippen LogP contribution in [0.5, 0.6) is 17.4 Å². The average Bonchev–Trinajstić information content (AvgIpc) is 3.20. The molecule has 7 nitrogen and oxygen atoms in total. The number of hydrogen-bond donors (Lipinski definition) is 1. The molecule has 2 aromatic rings. The third-order valence-electron chi connectivity index (χ3n) is 5.15. The summed E-state index contributed by atoms with van der Waals surface area (Å²) in [7, 11) is 1.46. The van der Waals surface area contributed by atoms with Gasteiger partial charge in [0, 0.05) is 25.6 Å². The number of primary amides is 1. The Hall–Kier alpha value is -3.10. The van der Waals surface area contributed by atoms with E-state index in [1.54, 1.807) is 6.07 Å². The van der Waals surface area contributed by atoms with Gasteiger partial charge >= 0.3 is 0 Å².